The molecule has 2 nitrogen and oxygen atoms in total. The summed E-state index contributed by atoms with van der Waals surface area (Å²) >= 11 is 0. The van der Waals surface area contributed by atoms with Gasteiger partial charge in [0, 0.05) is 12.5 Å². The summed E-state index contributed by atoms with van der Waals surface area (Å²) in [6.07, 6.45) is 14.0. The maximum absolute atomic E-state index is 12.3. The predicted molar refractivity (Wildman–Crippen MR) is 73.6 cm³/mol. The summed E-state index contributed by atoms with van der Waals surface area (Å²) in [6, 6.07) is 1.04. The molecule has 2 atom stereocenters. The van der Waals surface area contributed by atoms with E-state index in [1.165, 1.54) is 57.9 Å². The van der Waals surface area contributed by atoms with Crippen molar-refractivity contribution in [2.75, 3.05) is 6.54 Å². The van der Waals surface area contributed by atoms with Crippen molar-refractivity contribution in [3.05, 3.63) is 0 Å². The molecule has 102 valence electrons. The Balaban J connectivity index is 1.70. The van der Waals surface area contributed by atoms with Crippen molar-refractivity contribution in [3.63, 3.8) is 0 Å². The summed E-state index contributed by atoms with van der Waals surface area (Å²) in [5.74, 6) is 1.46. The van der Waals surface area contributed by atoms with Gasteiger partial charge in [-0.15, -0.1) is 0 Å². The molecule has 3 rings (SSSR count). The highest BCUT2D eigenvalue weighted by Gasteiger charge is 2.39. The molecule has 2 unspecified atom stereocenters. The zero-order valence-corrected chi connectivity index (χ0v) is 11.6. The minimum atomic E-state index is 0.292. The van der Waals surface area contributed by atoms with Crippen molar-refractivity contribution in [2.45, 2.75) is 82.7 Å². The molecule has 3 fully saturated rings. The van der Waals surface area contributed by atoms with E-state index in [2.05, 4.69) is 4.90 Å². The van der Waals surface area contributed by atoms with Gasteiger partial charge in [0.2, 0.25) is 0 Å². The Morgan fingerprint density at radius 1 is 0.833 bits per heavy atom. The van der Waals surface area contributed by atoms with E-state index in [9.17, 15) is 4.79 Å². The lowest BCUT2D eigenvalue weighted by atomic mass is 9.94. The third kappa shape index (κ3) is 2.49. The van der Waals surface area contributed by atoms with Crippen molar-refractivity contribution in [3.8, 4) is 0 Å². The van der Waals surface area contributed by atoms with Crippen LogP contribution in [0.25, 0.3) is 0 Å². The van der Waals surface area contributed by atoms with Gasteiger partial charge in [-0.25, -0.2) is 0 Å². The normalized spacial score (nSPS) is 36.1. The molecule has 0 N–H and O–H groups in total. The minimum absolute atomic E-state index is 0.292. The molecule has 0 aromatic heterocycles. The van der Waals surface area contributed by atoms with Gasteiger partial charge in [-0.05, 0) is 51.0 Å². The van der Waals surface area contributed by atoms with Crippen LogP contribution in [0.1, 0.15) is 70.6 Å². The summed E-state index contributed by atoms with van der Waals surface area (Å²) in [4.78, 5) is 14.9. The van der Waals surface area contributed by atoms with Gasteiger partial charge in [0.05, 0.1) is 6.04 Å². The first-order chi connectivity index (χ1) is 8.86. The Morgan fingerprint density at radius 2 is 1.61 bits per heavy atom. The van der Waals surface area contributed by atoms with Gasteiger partial charge in [-0.1, -0.05) is 25.7 Å². The van der Waals surface area contributed by atoms with E-state index in [4.69, 9.17) is 0 Å². The first-order valence-corrected chi connectivity index (χ1v) is 8.15. The van der Waals surface area contributed by atoms with Crippen LogP contribution in [0.5, 0.6) is 0 Å². The molecule has 18 heavy (non-hydrogen) atoms. The molecule has 0 bridgehead atoms. The zero-order chi connectivity index (χ0) is 12.4. The highest BCUT2D eigenvalue weighted by atomic mass is 16.1. The Bertz CT molecular complexity index is 295. The number of nitrogens with zero attached hydrogens (tertiary/aromatic N) is 1. The molecular formula is C16H27NO. The molecule has 3 aliphatic rings. The van der Waals surface area contributed by atoms with Gasteiger partial charge in [-0.3, -0.25) is 9.69 Å². The van der Waals surface area contributed by atoms with Crippen molar-refractivity contribution in [2.24, 2.45) is 5.92 Å². The molecule has 0 aromatic carbocycles. The standard InChI is InChI=1S/C16H27NO/c18-16-11-3-1-2-9-15(16)17-12-6-10-14(17)13-7-4-5-8-13/h13-15H,1-12H2. The Kier molecular flexibility index (Phi) is 4.03. The van der Waals surface area contributed by atoms with Crippen molar-refractivity contribution >= 4 is 5.78 Å². The molecular weight excluding hydrogens is 222 g/mol. The average molecular weight is 249 g/mol. The van der Waals surface area contributed by atoms with Crippen LogP contribution in [0.4, 0.5) is 0 Å². The maximum Gasteiger partial charge on any atom is 0.149 e. The van der Waals surface area contributed by atoms with E-state index < -0.39 is 0 Å². The molecule has 1 heterocycles. The number of Topliss-reactive ketones (excluding diaryl/α,β-unsaturated/α-hetero) is 1. The second-order valence-corrected chi connectivity index (χ2v) is 6.57. The third-order valence-electron chi connectivity index (χ3n) is 5.46. The van der Waals surface area contributed by atoms with Crippen LogP contribution in [0.15, 0.2) is 0 Å². The van der Waals surface area contributed by atoms with E-state index in [-0.39, 0.29) is 0 Å². The highest BCUT2D eigenvalue weighted by Crippen LogP contribution is 2.37. The second kappa shape index (κ2) is 5.73. The van der Waals surface area contributed by atoms with Gasteiger partial charge in [0.25, 0.3) is 0 Å². The average Bonchev–Trinajstić information content (AvgIpc) is 3.00. The van der Waals surface area contributed by atoms with E-state index in [1.54, 1.807) is 0 Å². The van der Waals surface area contributed by atoms with E-state index in [1.807, 2.05) is 0 Å². The lowest BCUT2D eigenvalue weighted by Crippen LogP contribution is -2.46. The lowest BCUT2D eigenvalue weighted by molar-refractivity contribution is -0.124. The minimum Gasteiger partial charge on any atom is -0.298 e. The highest BCUT2D eigenvalue weighted by molar-refractivity contribution is 5.84. The second-order valence-electron chi connectivity index (χ2n) is 6.57. The first kappa shape index (κ1) is 12.7. The van der Waals surface area contributed by atoms with Crippen LogP contribution < -0.4 is 0 Å². The van der Waals surface area contributed by atoms with E-state index in [0.29, 0.717) is 11.8 Å². The topological polar surface area (TPSA) is 20.3 Å². The number of rotatable bonds is 2. The number of carbonyl (C=O) groups is 1. The molecule has 0 amide bonds. The largest absolute Gasteiger partial charge is 0.298 e. The number of hydrogen-bond donors (Lipinski definition) is 0. The number of ketones is 1. The Labute approximate surface area is 111 Å². The van der Waals surface area contributed by atoms with Crippen LogP contribution in [-0.4, -0.2) is 29.3 Å². The SMILES string of the molecule is O=C1CCCCCC1N1CCCC1C1CCCC1. The van der Waals surface area contributed by atoms with Crippen LogP contribution in [-0.2, 0) is 4.79 Å². The smallest absolute Gasteiger partial charge is 0.149 e. The predicted octanol–water partition coefficient (Wildman–Crippen LogP) is 3.54. The zero-order valence-electron chi connectivity index (χ0n) is 11.6. The Morgan fingerprint density at radius 3 is 2.44 bits per heavy atom. The summed E-state index contributed by atoms with van der Waals surface area (Å²) < 4.78 is 0. The molecule has 1 saturated heterocycles. The molecule has 0 aromatic rings. The van der Waals surface area contributed by atoms with Gasteiger partial charge in [0.15, 0.2) is 0 Å². The Hall–Kier alpha value is -0.370. The van der Waals surface area contributed by atoms with Gasteiger partial charge in [0.1, 0.15) is 5.78 Å². The van der Waals surface area contributed by atoms with Crippen LogP contribution in [0.3, 0.4) is 0 Å². The third-order valence-corrected chi connectivity index (χ3v) is 5.46. The van der Waals surface area contributed by atoms with Crippen LogP contribution in [0, 0.1) is 5.92 Å². The summed E-state index contributed by atoms with van der Waals surface area (Å²) in [7, 11) is 0. The van der Waals surface area contributed by atoms with E-state index in [0.717, 1.165) is 31.2 Å². The fraction of sp³-hybridized carbons (Fsp3) is 0.938. The van der Waals surface area contributed by atoms with Gasteiger partial charge >= 0.3 is 0 Å². The monoisotopic (exact) mass is 249 g/mol. The van der Waals surface area contributed by atoms with Gasteiger partial charge < -0.3 is 0 Å². The number of likely N-dealkylation sites (tertiary alicyclic amines) is 1. The molecule has 2 aliphatic carbocycles. The first-order valence-electron chi connectivity index (χ1n) is 8.15. The van der Waals surface area contributed by atoms with Crippen LogP contribution >= 0.6 is 0 Å². The van der Waals surface area contributed by atoms with Crippen molar-refractivity contribution < 1.29 is 4.79 Å². The fourth-order valence-electron chi connectivity index (χ4n) is 4.54. The lowest BCUT2D eigenvalue weighted by Gasteiger charge is -2.35. The summed E-state index contributed by atoms with van der Waals surface area (Å²) in [5, 5.41) is 0. The number of hydrogen-bond acceptors (Lipinski definition) is 2. The van der Waals surface area contributed by atoms with Gasteiger partial charge in [-0.2, -0.15) is 0 Å². The molecule has 2 saturated carbocycles. The molecule has 0 radical (unpaired) electrons. The number of carbonyl (C=O) groups excluding carboxylic acids is 1. The maximum atomic E-state index is 12.3. The molecule has 2 heteroatoms. The van der Waals surface area contributed by atoms with Crippen molar-refractivity contribution in [1.29, 1.82) is 0 Å². The van der Waals surface area contributed by atoms with Crippen LogP contribution in [0.2, 0.25) is 0 Å². The fourth-order valence-corrected chi connectivity index (χ4v) is 4.54. The quantitative estimate of drug-likeness (QED) is 0.698. The summed E-state index contributed by atoms with van der Waals surface area (Å²) in [6.45, 7) is 1.19. The summed E-state index contributed by atoms with van der Waals surface area (Å²) in [5.41, 5.74) is 0. The van der Waals surface area contributed by atoms with Crippen molar-refractivity contribution in [1.82, 2.24) is 4.90 Å². The van der Waals surface area contributed by atoms with E-state index >= 15 is 0 Å². The molecule has 1 aliphatic heterocycles. The molecule has 0 spiro atoms.